The summed E-state index contributed by atoms with van der Waals surface area (Å²) in [7, 11) is 1.66. The molecule has 27 heavy (non-hydrogen) atoms. The van der Waals surface area contributed by atoms with Gasteiger partial charge in [0.15, 0.2) is 0 Å². The number of halogens is 2. The summed E-state index contributed by atoms with van der Waals surface area (Å²) in [6, 6.07) is 6.03. The summed E-state index contributed by atoms with van der Waals surface area (Å²) < 4.78 is 15.7. The van der Waals surface area contributed by atoms with E-state index in [1.807, 2.05) is 13.8 Å². The Bertz CT molecular complexity index is 983. The van der Waals surface area contributed by atoms with Crippen LogP contribution in [0, 0.1) is 19.7 Å². The zero-order chi connectivity index (χ0) is 20.7. The number of fused-ring (bicyclic) bond motifs is 1. The molecule has 0 fully saturated rings. The second-order valence-electron chi connectivity index (χ2n) is 5.86. The predicted molar refractivity (Wildman–Crippen MR) is 112 cm³/mol. The van der Waals surface area contributed by atoms with Gasteiger partial charge in [-0.05, 0) is 38.1 Å². The van der Waals surface area contributed by atoms with Gasteiger partial charge >= 0.3 is 0 Å². The van der Waals surface area contributed by atoms with Gasteiger partial charge in [-0.15, -0.1) is 0 Å². The summed E-state index contributed by atoms with van der Waals surface area (Å²) in [6.45, 7) is 11.7. The Balaban J connectivity index is 0.000000665. The largest absolute Gasteiger partial charge is 0.299 e. The van der Waals surface area contributed by atoms with E-state index in [9.17, 15) is 9.18 Å². The SMILES string of the molecule is CC.CCC.Cc1cc2c(=O)n(C)c(C)nc2c(-c2ccc(Cl)cc2F)n1. The smallest absolute Gasteiger partial charge is 0.261 e. The minimum absolute atomic E-state index is 0.177. The Morgan fingerprint density at radius 3 is 2.26 bits per heavy atom. The highest BCUT2D eigenvalue weighted by atomic mass is 35.5. The maximum absolute atomic E-state index is 14.2. The van der Waals surface area contributed by atoms with E-state index in [0.29, 0.717) is 33.1 Å². The third kappa shape index (κ3) is 5.13. The fourth-order valence-electron chi connectivity index (χ4n) is 2.38. The molecule has 0 aliphatic heterocycles. The van der Waals surface area contributed by atoms with E-state index in [4.69, 9.17) is 11.6 Å². The number of pyridine rings is 1. The number of nitrogens with zero attached hydrogens (tertiary/aromatic N) is 3. The Morgan fingerprint density at radius 2 is 1.70 bits per heavy atom. The fraction of sp³-hybridized carbons (Fsp3) is 0.381. The number of aromatic nitrogens is 3. The van der Waals surface area contributed by atoms with Crippen molar-refractivity contribution in [1.29, 1.82) is 0 Å². The average Bonchev–Trinajstić information content (AvgIpc) is 2.63. The van der Waals surface area contributed by atoms with E-state index in [1.165, 1.54) is 17.1 Å². The van der Waals surface area contributed by atoms with E-state index in [1.54, 1.807) is 39.1 Å². The van der Waals surface area contributed by atoms with E-state index >= 15 is 0 Å². The lowest BCUT2D eigenvalue weighted by Crippen LogP contribution is -2.21. The molecule has 0 spiro atoms. The van der Waals surface area contributed by atoms with Gasteiger partial charge < -0.3 is 0 Å². The molecule has 0 saturated carbocycles. The molecule has 3 rings (SSSR count). The molecular weight excluding hydrogens is 365 g/mol. The van der Waals surface area contributed by atoms with Crippen molar-refractivity contribution >= 4 is 22.5 Å². The van der Waals surface area contributed by atoms with Gasteiger partial charge in [0.25, 0.3) is 5.56 Å². The minimum Gasteiger partial charge on any atom is -0.299 e. The highest BCUT2D eigenvalue weighted by Crippen LogP contribution is 2.28. The number of hydrogen-bond acceptors (Lipinski definition) is 3. The highest BCUT2D eigenvalue weighted by molar-refractivity contribution is 6.30. The van der Waals surface area contributed by atoms with E-state index in [2.05, 4.69) is 23.8 Å². The first-order valence-corrected chi connectivity index (χ1v) is 9.48. The van der Waals surface area contributed by atoms with Crippen molar-refractivity contribution in [3.8, 4) is 11.3 Å². The van der Waals surface area contributed by atoms with Crippen molar-refractivity contribution in [2.75, 3.05) is 0 Å². The molecule has 0 unspecified atom stereocenters. The molecule has 0 bridgehead atoms. The Labute approximate surface area is 165 Å². The van der Waals surface area contributed by atoms with Gasteiger partial charge in [-0.3, -0.25) is 14.3 Å². The number of rotatable bonds is 1. The molecule has 0 aliphatic carbocycles. The fourth-order valence-corrected chi connectivity index (χ4v) is 2.54. The van der Waals surface area contributed by atoms with Gasteiger partial charge in [0, 0.05) is 23.3 Å². The third-order valence-electron chi connectivity index (χ3n) is 3.60. The zero-order valence-electron chi connectivity index (χ0n) is 17.0. The number of hydrogen-bond donors (Lipinski definition) is 0. The maximum Gasteiger partial charge on any atom is 0.261 e. The molecule has 3 aromatic rings. The summed E-state index contributed by atoms with van der Waals surface area (Å²) in [5.41, 5.74) is 1.47. The summed E-state index contributed by atoms with van der Waals surface area (Å²) in [5.74, 6) is 0.0470. The van der Waals surface area contributed by atoms with Crippen molar-refractivity contribution in [2.24, 2.45) is 7.05 Å². The van der Waals surface area contributed by atoms with Crippen LogP contribution in [0.2, 0.25) is 5.02 Å². The van der Waals surface area contributed by atoms with E-state index in [0.717, 1.165) is 0 Å². The monoisotopic (exact) mass is 391 g/mol. The lowest BCUT2D eigenvalue weighted by atomic mass is 10.1. The van der Waals surface area contributed by atoms with Crippen LogP contribution in [0.25, 0.3) is 22.2 Å². The number of benzene rings is 1. The van der Waals surface area contributed by atoms with Crippen LogP contribution in [-0.2, 0) is 7.05 Å². The molecule has 0 N–H and O–H groups in total. The molecular formula is C21H27ClFN3O. The standard InChI is InChI=1S/C16H13ClFN3O.C3H8.C2H6/c1-8-6-12-15(20-9(2)21(3)16(12)22)14(19-8)11-5-4-10(17)7-13(11)18;1-3-2;1-2/h4-7H,1-3H3;3H2,1-2H3;1-2H3. The quantitative estimate of drug-likeness (QED) is 0.523. The summed E-state index contributed by atoms with van der Waals surface area (Å²) in [4.78, 5) is 21.2. The Morgan fingerprint density at radius 1 is 1.11 bits per heavy atom. The first-order valence-electron chi connectivity index (χ1n) is 9.10. The zero-order valence-corrected chi connectivity index (χ0v) is 17.8. The van der Waals surface area contributed by atoms with Crippen molar-refractivity contribution < 1.29 is 4.39 Å². The van der Waals surface area contributed by atoms with Crippen molar-refractivity contribution in [2.45, 2.75) is 48.0 Å². The van der Waals surface area contributed by atoms with E-state index in [-0.39, 0.29) is 11.1 Å². The summed E-state index contributed by atoms with van der Waals surface area (Å²) in [6.07, 6.45) is 1.25. The highest BCUT2D eigenvalue weighted by Gasteiger charge is 2.16. The van der Waals surface area contributed by atoms with Gasteiger partial charge in [0.05, 0.1) is 11.1 Å². The molecule has 2 aromatic heterocycles. The minimum atomic E-state index is -0.493. The van der Waals surface area contributed by atoms with Crippen LogP contribution in [0.4, 0.5) is 4.39 Å². The van der Waals surface area contributed by atoms with Gasteiger partial charge in [-0.25, -0.2) is 9.37 Å². The van der Waals surface area contributed by atoms with Gasteiger partial charge in [0.1, 0.15) is 17.2 Å². The molecule has 0 aliphatic rings. The van der Waals surface area contributed by atoms with Crippen LogP contribution in [0.5, 0.6) is 0 Å². The normalized spacial score (nSPS) is 9.96. The second kappa shape index (κ2) is 10.2. The summed E-state index contributed by atoms with van der Waals surface area (Å²) >= 11 is 5.80. The van der Waals surface area contributed by atoms with Crippen LogP contribution < -0.4 is 5.56 Å². The number of aryl methyl sites for hydroxylation is 2. The Kier molecular flexibility index (Phi) is 8.57. The van der Waals surface area contributed by atoms with Gasteiger partial charge in [-0.2, -0.15) is 0 Å². The molecule has 1 aromatic carbocycles. The van der Waals surface area contributed by atoms with Gasteiger partial charge in [0.2, 0.25) is 0 Å². The predicted octanol–water partition coefficient (Wildman–Crippen LogP) is 5.85. The molecule has 0 saturated heterocycles. The molecule has 0 amide bonds. The molecule has 2 heterocycles. The topological polar surface area (TPSA) is 47.8 Å². The third-order valence-corrected chi connectivity index (χ3v) is 3.84. The van der Waals surface area contributed by atoms with Gasteiger partial charge in [-0.1, -0.05) is 45.7 Å². The van der Waals surface area contributed by atoms with Crippen LogP contribution in [0.1, 0.15) is 45.6 Å². The van der Waals surface area contributed by atoms with Crippen LogP contribution >= 0.6 is 11.6 Å². The van der Waals surface area contributed by atoms with Crippen molar-refractivity contribution in [1.82, 2.24) is 14.5 Å². The second-order valence-corrected chi connectivity index (χ2v) is 6.30. The van der Waals surface area contributed by atoms with E-state index < -0.39 is 5.82 Å². The molecule has 146 valence electrons. The van der Waals surface area contributed by atoms with Crippen LogP contribution in [-0.4, -0.2) is 14.5 Å². The summed E-state index contributed by atoms with van der Waals surface area (Å²) in [5, 5.41) is 0.725. The molecule has 0 radical (unpaired) electrons. The van der Waals surface area contributed by atoms with Crippen molar-refractivity contribution in [3.63, 3.8) is 0 Å². The lowest BCUT2D eigenvalue weighted by molar-refractivity contribution is 0.631. The Hall–Kier alpha value is -2.27. The van der Waals surface area contributed by atoms with Crippen molar-refractivity contribution in [3.05, 3.63) is 57.0 Å². The first-order chi connectivity index (χ1) is 12.8. The molecule has 6 heteroatoms. The molecule has 4 nitrogen and oxygen atoms in total. The average molecular weight is 392 g/mol. The van der Waals surface area contributed by atoms with Crippen LogP contribution in [0.3, 0.4) is 0 Å². The molecule has 0 atom stereocenters. The van der Waals surface area contributed by atoms with Crippen LogP contribution in [0.15, 0.2) is 29.1 Å². The lowest BCUT2D eigenvalue weighted by Gasteiger charge is -2.11. The first kappa shape index (κ1) is 22.8. The maximum atomic E-state index is 14.2.